The number of ether oxygens (including phenoxy) is 1. The van der Waals surface area contributed by atoms with E-state index < -0.39 is 32.9 Å². The number of carbonyl (C=O) groups is 2. The number of hydrogen-bond acceptors (Lipinski definition) is 7. The molecule has 3 rings (SSSR count). The van der Waals surface area contributed by atoms with Crippen molar-refractivity contribution in [2.45, 2.75) is 51.0 Å². The van der Waals surface area contributed by atoms with Gasteiger partial charge in [-0.2, -0.15) is 0 Å². The van der Waals surface area contributed by atoms with Crippen LogP contribution in [0.25, 0.3) is 0 Å². The topological polar surface area (TPSA) is 135 Å². The lowest BCUT2D eigenvalue weighted by molar-refractivity contribution is 0.0217. The third-order valence-corrected chi connectivity index (χ3v) is 7.95. The number of hydrazine groups is 1. The number of nitrogens with one attached hydrogen (secondary N) is 1. The average molecular weight is 524 g/mol. The molecular weight excluding hydrogens is 494 g/mol. The number of amides is 2. The Morgan fingerprint density at radius 1 is 1.23 bits per heavy atom. The zero-order valence-electron chi connectivity index (χ0n) is 19.9. The van der Waals surface area contributed by atoms with E-state index in [1.54, 1.807) is 51.1 Å². The van der Waals surface area contributed by atoms with E-state index in [2.05, 4.69) is 4.98 Å². The molecule has 1 saturated heterocycles. The molecule has 0 spiro atoms. The fourth-order valence-electron chi connectivity index (χ4n) is 3.68. The monoisotopic (exact) mass is 523 g/mol. The van der Waals surface area contributed by atoms with Gasteiger partial charge in [0.2, 0.25) is 10.0 Å². The van der Waals surface area contributed by atoms with Gasteiger partial charge in [0.1, 0.15) is 5.60 Å². The van der Waals surface area contributed by atoms with Gasteiger partial charge in [0, 0.05) is 24.3 Å². The zero-order chi connectivity index (χ0) is 25.8. The second-order valence-electron chi connectivity index (χ2n) is 9.21. The summed E-state index contributed by atoms with van der Waals surface area (Å²) in [6.45, 7) is 5.84. The number of nitrogens with zero attached hydrogens (tertiary/aromatic N) is 3. The Balaban J connectivity index is 1.82. The number of pyridine rings is 1. The minimum absolute atomic E-state index is 0.0561. The van der Waals surface area contributed by atoms with Crippen molar-refractivity contribution in [2.24, 2.45) is 5.84 Å². The van der Waals surface area contributed by atoms with Gasteiger partial charge in [-0.3, -0.25) is 19.5 Å². The molecule has 1 aliphatic rings. The van der Waals surface area contributed by atoms with Crippen LogP contribution in [0.3, 0.4) is 0 Å². The first-order valence-electron chi connectivity index (χ1n) is 11.1. The summed E-state index contributed by atoms with van der Waals surface area (Å²) in [4.78, 5) is 29.8. The summed E-state index contributed by atoms with van der Waals surface area (Å²) in [6, 6.07) is 9.66. The molecule has 0 unspecified atom stereocenters. The number of anilines is 1. The molecule has 1 fully saturated rings. The molecule has 35 heavy (non-hydrogen) atoms. The van der Waals surface area contributed by atoms with E-state index in [0.717, 1.165) is 0 Å². The minimum Gasteiger partial charge on any atom is -0.444 e. The van der Waals surface area contributed by atoms with Crippen LogP contribution >= 0.6 is 11.6 Å². The van der Waals surface area contributed by atoms with E-state index in [1.807, 2.05) is 5.43 Å². The zero-order valence-corrected chi connectivity index (χ0v) is 21.5. The molecule has 1 aromatic carbocycles. The number of sulfonamides is 1. The van der Waals surface area contributed by atoms with Gasteiger partial charge in [-0.1, -0.05) is 17.7 Å². The van der Waals surface area contributed by atoms with E-state index in [1.165, 1.54) is 21.5 Å². The predicted octanol–water partition coefficient (Wildman–Crippen LogP) is 3.07. The average Bonchev–Trinajstić information content (AvgIpc) is 2.81. The van der Waals surface area contributed by atoms with Crippen LogP contribution in [-0.2, 0) is 21.3 Å². The lowest BCUT2D eigenvalue weighted by Gasteiger charge is -2.36. The van der Waals surface area contributed by atoms with E-state index in [9.17, 15) is 18.0 Å². The Hall–Kier alpha value is -2.89. The van der Waals surface area contributed by atoms with Gasteiger partial charge in [0.15, 0.2) is 0 Å². The van der Waals surface area contributed by atoms with Crippen LogP contribution in [0.5, 0.6) is 0 Å². The minimum atomic E-state index is -3.85. The molecule has 190 valence electrons. The summed E-state index contributed by atoms with van der Waals surface area (Å²) >= 11 is 6.15. The number of rotatable bonds is 6. The van der Waals surface area contributed by atoms with Crippen molar-refractivity contribution >= 4 is 39.3 Å². The van der Waals surface area contributed by atoms with Crippen LogP contribution in [-0.4, -0.2) is 54.2 Å². The molecule has 0 saturated carbocycles. The first-order chi connectivity index (χ1) is 16.4. The highest BCUT2D eigenvalue weighted by molar-refractivity contribution is 7.93. The maximum absolute atomic E-state index is 13.8. The van der Waals surface area contributed by atoms with Crippen LogP contribution in [0, 0.1) is 0 Å². The molecule has 2 heterocycles. The molecule has 12 heteroatoms. The second kappa shape index (κ2) is 10.8. The molecule has 2 amide bonds. The highest BCUT2D eigenvalue weighted by atomic mass is 35.5. The summed E-state index contributed by atoms with van der Waals surface area (Å²) < 4.78 is 34.2. The highest BCUT2D eigenvalue weighted by Crippen LogP contribution is 2.30. The Kier molecular flexibility index (Phi) is 8.24. The maximum Gasteiger partial charge on any atom is 0.410 e. The van der Waals surface area contributed by atoms with Gasteiger partial charge in [-0.15, -0.1) is 0 Å². The maximum atomic E-state index is 13.8. The lowest BCUT2D eigenvalue weighted by Crippen LogP contribution is -2.48. The molecule has 0 atom stereocenters. The van der Waals surface area contributed by atoms with Gasteiger partial charge in [-0.25, -0.2) is 19.1 Å². The molecule has 0 aliphatic carbocycles. The van der Waals surface area contributed by atoms with Crippen LogP contribution in [0.2, 0.25) is 5.02 Å². The van der Waals surface area contributed by atoms with Gasteiger partial charge >= 0.3 is 6.09 Å². The van der Waals surface area contributed by atoms with Gasteiger partial charge < -0.3 is 9.64 Å². The van der Waals surface area contributed by atoms with Gasteiger partial charge in [0.05, 0.1) is 28.7 Å². The molecule has 0 radical (unpaired) electrons. The van der Waals surface area contributed by atoms with Crippen molar-refractivity contribution in [3.05, 3.63) is 58.9 Å². The summed E-state index contributed by atoms with van der Waals surface area (Å²) in [6.07, 6.45) is 1.41. The Labute approximate surface area is 210 Å². The molecule has 0 bridgehead atoms. The van der Waals surface area contributed by atoms with Crippen molar-refractivity contribution in [1.29, 1.82) is 0 Å². The standard InChI is InChI=1S/C23H30ClN5O5S/c1-23(2,3)34-22(31)28-11-9-20(10-12-28)35(32,33)29(19-6-4-5-17(24)13-19)15-18-8-7-16(14-26-18)21(30)27-25/h4-8,13-14,20H,9-12,15,25H2,1-3H3,(H,27,30). The van der Waals surface area contributed by atoms with E-state index >= 15 is 0 Å². The number of halogens is 1. The molecule has 1 aliphatic heterocycles. The van der Waals surface area contributed by atoms with Gasteiger partial charge in [-0.05, 0) is 63.9 Å². The number of carbonyl (C=O) groups excluding carboxylic acids is 2. The van der Waals surface area contributed by atoms with Crippen LogP contribution in [0.15, 0.2) is 42.6 Å². The van der Waals surface area contributed by atoms with Crippen LogP contribution in [0.1, 0.15) is 49.7 Å². The summed E-state index contributed by atoms with van der Waals surface area (Å²) in [5.74, 6) is 4.65. The predicted molar refractivity (Wildman–Crippen MR) is 133 cm³/mol. The number of nitrogen functional groups attached to an aromatic ring is 1. The number of likely N-dealkylation sites (tertiary alicyclic amines) is 1. The first kappa shape index (κ1) is 26.7. The third-order valence-electron chi connectivity index (χ3n) is 5.44. The Bertz CT molecular complexity index is 1160. The first-order valence-corrected chi connectivity index (χ1v) is 13.0. The van der Waals surface area contributed by atoms with Crippen LogP contribution in [0.4, 0.5) is 10.5 Å². The number of nitrogens with two attached hydrogens (primary N) is 1. The number of aromatic nitrogens is 1. The number of hydrogen-bond donors (Lipinski definition) is 2. The van der Waals surface area contributed by atoms with Crippen molar-refractivity contribution in [3.63, 3.8) is 0 Å². The quantitative estimate of drug-likeness (QED) is 0.337. The second-order valence-corrected chi connectivity index (χ2v) is 11.8. The lowest BCUT2D eigenvalue weighted by atomic mass is 10.1. The number of benzene rings is 1. The van der Waals surface area contributed by atoms with Gasteiger partial charge in [0.25, 0.3) is 5.91 Å². The molecule has 2 aromatic rings. The Morgan fingerprint density at radius 2 is 1.91 bits per heavy atom. The van der Waals surface area contributed by atoms with Crippen molar-refractivity contribution in [2.75, 3.05) is 17.4 Å². The SMILES string of the molecule is CC(C)(C)OC(=O)N1CCC(S(=O)(=O)N(Cc2ccc(C(=O)NN)cn2)c2cccc(Cl)c2)CC1. The van der Waals surface area contributed by atoms with Crippen molar-refractivity contribution in [1.82, 2.24) is 15.3 Å². The van der Waals surface area contributed by atoms with E-state index in [0.29, 0.717) is 16.4 Å². The number of piperidine rings is 1. The summed E-state index contributed by atoms with van der Waals surface area (Å²) in [5.41, 5.74) is 2.49. The largest absolute Gasteiger partial charge is 0.444 e. The van der Waals surface area contributed by atoms with E-state index in [4.69, 9.17) is 22.2 Å². The third kappa shape index (κ3) is 6.83. The van der Waals surface area contributed by atoms with Crippen LogP contribution < -0.4 is 15.6 Å². The fourth-order valence-corrected chi connectivity index (χ4v) is 5.76. The normalized spacial score (nSPS) is 14.9. The fraction of sp³-hybridized carbons (Fsp3) is 0.435. The molecular formula is C23H30ClN5O5S. The van der Waals surface area contributed by atoms with E-state index in [-0.39, 0.29) is 38.0 Å². The molecule has 10 nitrogen and oxygen atoms in total. The van der Waals surface area contributed by atoms with Crippen molar-refractivity contribution < 1.29 is 22.7 Å². The molecule has 1 aromatic heterocycles. The highest BCUT2D eigenvalue weighted by Gasteiger charge is 2.37. The van der Waals surface area contributed by atoms with Crippen molar-refractivity contribution in [3.8, 4) is 0 Å². The molecule has 3 N–H and O–H groups in total. The summed E-state index contributed by atoms with van der Waals surface area (Å²) in [7, 11) is -3.85. The smallest absolute Gasteiger partial charge is 0.410 e. The summed E-state index contributed by atoms with van der Waals surface area (Å²) in [5, 5.41) is -0.312. The Morgan fingerprint density at radius 3 is 2.46 bits per heavy atom.